The summed E-state index contributed by atoms with van der Waals surface area (Å²) in [6, 6.07) is 6.11. The minimum absolute atomic E-state index is 0.257. The molecule has 116 valence electrons. The molecule has 5 heteroatoms. The van der Waals surface area contributed by atoms with E-state index in [2.05, 4.69) is 21.8 Å². The summed E-state index contributed by atoms with van der Waals surface area (Å²) in [5, 5.41) is 0. The van der Waals surface area contributed by atoms with Crippen molar-refractivity contribution >= 4 is 0 Å². The highest BCUT2D eigenvalue weighted by Crippen LogP contribution is 2.24. The average molecular weight is 303 g/mol. The predicted molar refractivity (Wildman–Crippen MR) is 82.4 cm³/mol. The lowest BCUT2D eigenvalue weighted by molar-refractivity contribution is 0.148. The van der Waals surface area contributed by atoms with Gasteiger partial charge in [0.1, 0.15) is 0 Å². The van der Waals surface area contributed by atoms with E-state index in [-0.39, 0.29) is 5.56 Å². The van der Waals surface area contributed by atoms with E-state index in [1.807, 2.05) is 6.07 Å². The van der Waals surface area contributed by atoms with Crippen molar-refractivity contribution in [1.29, 1.82) is 0 Å². The Kier molecular flexibility index (Phi) is 4.45. The van der Waals surface area contributed by atoms with Crippen LogP contribution in [0.25, 0.3) is 11.1 Å². The molecule has 0 atom stereocenters. The Hall–Kier alpha value is -1.85. The number of hydrogen-bond donors (Lipinski definition) is 0. The Balaban J connectivity index is 1.79. The van der Waals surface area contributed by atoms with E-state index in [9.17, 15) is 8.78 Å². The van der Waals surface area contributed by atoms with Gasteiger partial charge in [-0.3, -0.25) is 9.88 Å². The van der Waals surface area contributed by atoms with E-state index < -0.39 is 11.6 Å². The van der Waals surface area contributed by atoms with Crippen molar-refractivity contribution in [3.63, 3.8) is 0 Å². The van der Waals surface area contributed by atoms with Crippen molar-refractivity contribution in [2.75, 3.05) is 33.2 Å². The van der Waals surface area contributed by atoms with Crippen LogP contribution in [0.15, 0.2) is 36.7 Å². The first-order chi connectivity index (χ1) is 10.6. The van der Waals surface area contributed by atoms with Crippen LogP contribution in [0.2, 0.25) is 0 Å². The van der Waals surface area contributed by atoms with Crippen molar-refractivity contribution in [2.45, 2.75) is 6.54 Å². The second-order valence-electron chi connectivity index (χ2n) is 5.76. The first-order valence-corrected chi connectivity index (χ1v) is 7.42. The van der Waals surface area contributed by atoms with Crippen molar-refractivity contribution in [3.05, 3.63) is 53.9 Å². The minimum atomic E-state index is -0.832. The third-order valence-corrected chi connectivity index (χ3v) is 4.06. The molecule has 1 fully saturated rings. The summed E-state index contributed by atoms with van der Waals surface area (Å²) < 4.78 is 27.3. The first kappa shape index (κ1) is 15.1. The molecule has 0 bridgehead atoms. The van der Waals surface area contributed by atoms with Crippen LogP contribution >= 0.6 is 0 Å². The minimum Gasteiger partial charge on any atom is -0.304 e. The van der Waals surface area contributed by atoms with E-state index in [1.54, 1.807) is 18.5 Å². The molecule has 22 heavy (non-hydrogen) atoms. The molecule has 1 aromatic carbocycles. The molecule has 2 aromatic rings. The van der Waals surface area contributed by atoms with Gasteiger partial charge in [-0.1, -0.05) is 12.1 Å². The van der Waals surface area contributed by atoms with Crippen LogP contribution in [0, 0.1) is 11.6 Å². The molecule has 0 unspecified atom stereocenters. The zero-order valence-electron chi connectivity index (χ0n) is 12.6. The zero-order chi connectivity index (χ0) is 15.5. The van der Waals surface area contributed by atoms with E-state index >= 15 is 0 Å². The number of halogens is 2. The zero-order valence-corrected chi connectivity index (χ0v) is 12.6. The fourth-order valence-corrected chi connectivity index (χ4v) is 2.71. The van der Waals surface area contributed by atoms with Crippen LogP contribution in [0.1, 0.15) is 5.56 Å². The monoisotopic (exact) mass is 303 g/mol. The standard InChI is InChI=1S/C17H19F2N3/c1-21-5-7-22(8-6-21)12-13-9-14(11-20-10-13)15-3-2-4-16(18)17(15)19/h2-4,9-11H,5-8,12H2,1H3. The Morgan fingerprint density at radius 2 is 1.86 bits per heavy atom. The van der Waals surface area contributed by atoms with E-state index in [0.29, 0.717) is 5.56 Å². The number of benzene rings is 1. The molecule has 1 saturated heterocycles. The SMILES string of the molecule is CN1CCN(Cc2cncc(-c3cccc(F)c3F)c2)CC1. The molecule has 0 N–H and O–H groups in total. The number of aromatic nitrogens is 1. The van der Waals surface area contributed by atoms with Crippen LogP contribution < -0.4 is 0 Å². The van der Waals surface area contributed by atoms with Crippen LogP contribution in [0.3, 0.4) is 0 Å². The van der Waals surface area contributed by atoms with Gasteiger partial charge in [0, 0.05) is 56.2 Å². The maximum absolute atomic E-state index is 13.9. The third kappa shape index (κ3) is 3.31. The Bertz CT molecular complexity index is 652. The second kappa shape index (κ2) is 6.50. The highest BCUT2D eigenvalue weighted by Gasteiger charge is 2.15. The molecule has 0 radical (unpaired) electrons. The average Bonchev–Trinajstić information content (AvgIpc) is 2.53. The summed E-state index contributed by atoms with van der Waals surface area (Å²) >= 11 is 0. The number of rotatable bonds is 3. The normalized spacial score (nSPS) is 16.9. The molecule has 1 aliphatic heterocycles. The fraction of sp³-hybridized carbons (Fsp3) is 0.353. The number of pyridine rings is 1. The molecule has 0 spiro atoms. The smallest absolute Gasteiger partial charge is 0.166 e. The molecule has 3 rings (SSSR count). The molecule has 1 aromatic heterocycles. The summed E-state index contributed by atoms with van der Waals surface area (Å²) in [6.45, 7) is 4.90. The van der Waals surface area contributed by atoms with E-state index in [0.717, 1.165) is 44.4 Å². The van der Waals surface area contributed by atoms with Gasteiger partial charge in [0.15, 0.2) is 11.6 Å². The summed E-state index contributed by atoms with van der Waals surface area (Å²) in [5.41, 5.74) is 1.89. The molecular weight excluding hydrogens is 284 g/mol. The van der Waals surface area contributed by atoms with Gasteiger partial charge in [0.25, 0.3) is 0 Å². The Morgan fingerprint density at radius 3 is 2.64 bits per heavy atom. The van der Waals surface area contributed by atoms with Gasteiger partial charge in [0.2, 0.25) is 0 Å². The van der Waals surface area contributed by atoms with Gasteiger partial charge >= 0.3 is 0 Å². The van der Waals surface area contributed by atoms with Gasteiger partial charge < -0.3 is 4.90 Å². The van der Waals surface area contributed by atoms with Crippen molar-refractivity contribution in [3.8, 4) is 11.1 Å². The van der Waals surface area contributed by atoms with Gasteiger partial charge in [0.05, 0.1) is 0 Å². The largest absolute Gasteiger partial charge is 0.304 e. The highest BCUT2D eigenvalue weighted by atomic mass is 19.2. The summed E-state index contributed by atoms with van der Waals surface area (Å²) in [5.74, 6) is -1.65. The summed E-state index contributed by atoms with van der Waals surface area (Å²) in [4.78, 5) is 8.83. The number of likely N-dealkylation sites (N-methyl/N-ethyl adjacent to an activating group) is 1. The van der Waals surface area contributed by atoms with Gasteiger partial charge in [-0.2, -0.15) is 0 Å². The lowest BCUT2D eigenvalue weighted by Gasteiger charge is -2.32. The van der Waals surface area contributed by atoms with Crippen molar-refractivity contribution < 1.29 is 8.78 Å². The predicted octanol–water partition coefficient (Wildman–Crippen LogP) is 2.77. The van der Waals surface area contributed by atoms with Crippen molar-refractivity contribution in [1.82, 2.24) is 14.8 Å². The van der Waals surface area contributed by atoms with Gasteiger partial charge in [-0.05, 0) is 24.7 Å². The maximum atomic E-state index is 13.9. The number of hydrogen-bond acceptors (Lipinski definition) is 3. The van der Waals surface area contributed by atoms with E-state index in [1.165, 1.54) is 6.07 Å². The molecule has 0 saturated carbocycles. The molecular formula is C17H19F2N3. The van der Waals surface area contributed by atoms with E-state index in [4.69, 9.17) is 0 Å². The molecule has 1 aliphatic rings. The van der Waals surface area contributed by atoms with Crippen molar-refractivity contribution in [2.24, 2.45) is 0 Å². The Labute approximate surface area is 129 Å². The maximum Gasteiger partial charge on any atom is 0.166 e. The molecule has 2 heterocycles. The first-order valence-electron chi connectivity index (χ1n) is 7.42. The van der Waals surface area contributed by atoms with Crippen LogP contribution in [-0.4, -0.2) is 48.0 Å². The fourth-order valence-electron chi connectivity index (χ4n) is 2.71. The number of nitrogens with zero attached hydrogens (tertiary/aromatic N) is 3. The lowest BCUT2D eigenvalue weighted by atomic mass is 10.0. The summed E-state index contributed by atoms with van der Waals surface area (Å²) in [7, 11) is 2.12. The molecule has 0 aliphatic carbocycles. The topological polar surface area (TPSA) is 19.4 Å². The lowest BCUT2D eigenvalue weighted by Crippen LogP contribution is -2.43. The van der Waals surface area contributed by atoms with Gasteiger partial charge in [-0.25, -0.2) is 8.78 Å². The third-order valence-electron chi connectivity index (χ3n) is 4.06. The van der Waals surface area contributed by atoms with Crippen LogP contribution in [0.5, 0.6) is 0 Å². The molecule has 0 amide bonds. The van der Waals surface area contributed by atoms with Gasteiger partial charge in [-0.15, -0.1) is 0 Å². The highest BCUT2D eigenvalue weighted by molar-refractivity contribution is 5.63. The Morgan fingerprint density at radius 1 is 1.09 bits per heavy atom. The second-order valence-corrected chi connectivity index (χ2v) is 5.76. The quantitative estimate of drug-likeness (QED) is 0.869. The van der Waals surface area contributed by atoms with Crippen LogP contribution in [0.4, 0.5) is 8.78 Å². The van der Waals surface area contributed by atoms with Crippen LogP contribution in [-0.2, 0) is 6.54 Å². The number of piperazine rings is 1. The summed E-state index contributed by atoms with van der Waals surface area (Å²) in [6.07, 6.45) is 3.37. The molecule has 3 nitrogen and oxygen atoms in total.